The maximum atomic E-state index is 13.5. The van der Waals surface area contributed by atoms with Crippen LogP contribution in [-0.4, -0.2) is 42.1 Å². The molecular formula is C14H15FN4OS. The van der Waals surface area contributed by atoms with Crippen molar-refractivity contribution in [2.45, 2.75) is 0 Å². The van der Waals surface area contributed by atoms with Crippen molar-refractivity contribution in [1.82, 2.24) is 9.88 Å². The molecule has 1 aliphatic heterocycles. The van der Waals surface area contributed by atoms with E-state index in [1.165, 1.54) is 6.07 Å². The van der Waals surface area contributed by atoms with Gasteiger partial charge >= 0.3 is 6.03 Å². The molecule has 5 nitrogen and oxygen atoms in total. The first-order valence-electron chi connectivity index (χ1n) is 6.69. The monoisotopic (exact) mass is 306 g/mol. The van der Waals surface area contributed by atoms with Gasteiger partial charge in [-0.2, -0.15) is 0 Å². The fourth-order valence-corrected chi connectivity index (χ4v) is 2.93. The van der Waals surface area contributed by atoms with Gasteiger partial charge in [-0.3, -0.25) is 0 Å². The molecule has 1 saturated heterocycles. The van der Waals surface area contributed by atoms with Gasteiger partial charge in [-0.1, -0.05) is 12.1 Å². The number of thiazole rings is 1. The molecule has 2 aromatic rings. The van der Waals surface area contributed by atoms with Crippen LogP contribution in [-0.2, 0) is 0 Å². The summed E-state index contributed by atoms with van der Waals surface area (Å²) in [6.45, 7) is 2.66. The van der Waals surface area contributed by atoms with E-state index < -0.39 is 5.82 Å². The van der Waals surface area contributed by atoms with Gasteiger partial charge in [0.15, 0.2) is 5.13 Å². The molecule has 110 valence electrons. The minimum Gasteiger partial charge on any atom is -0.345 e. The molecule has 0 unspecified atom stereocenters. The molecular weight excluding hydrogens is 291 g/mol. The standard InChI is InChI=1S/C14H15FN4OS/c15-11-3-1-2-4-12(11)17-13(20)18-6-8-19(9-7-18)14-16-5-10-21-14/h1-5,10H,6-9H2,(H,17,20). The van der Waals surface area contributed by atoms with Crippen LogP contribution in [0.15, 0.2) is 35.8 Å². The quantitative estimate of drug-likeness (QED) is 0.928. The molecule has 0 bridgehead atoms. The van der Waals surface area contributed by atoms with Crippen LogP contribution in [0.1, 0.15) is 0 Å². The van der Waals surface area contributed by atoms with E-state index in [-0.39, 0.29) is 11.7 Å². The third-order valence-corrected chi connectivity index (χ3v) is 4.20. The number of nitrogens with one attached hydrogen (secondary N) is 1. The van der Waals surface area contributed by atoms with Crippen LogP contribution < -0.4 is 10.2 Å². The Morgan fingerprint density at radius 1 is 1.24 bits per heavy atom. The largest absolute Gasteiger partial charge is 0.345 e. The maximum absolute atomic E-state index is 13.5. The molecule has 1 aliphatic rings. The van der Waals surface area contributed by atoms with E-state index in [0.717, 1.165) is 18.2 Å². The number of hydrogen-bond donors (Lipinski definition) is 1. The van der Waals surface area contributed by atoms with Crippen molar-refractivity contribution in [3.8, 4) is 0 Å². The van der Waals surface area contributed by atoms with E-state index in [4.69, 9.17) is 0 Å². The average molecular weight is 306 g/mol. The number of nitrogens with zero attached hydrogens (tertiary/aromatic N) is 3. The summed E-state index contributed by atoms with van der Waals surface area (Å²) in [7, 11) is 0. The number of carbonyl (C=O) groups is 1. The summed E-state index contributed by atoms with van der Waals surface area (Å²) < 4.78 is 13.5. The van der Waals surface area contributed by atoms with E-state index in [1.54, 1.807) is 40.6 Å². The number of benzene rings is 1. The van der Waals surface area contributed by atoms with Gasteiger partial charge in [0.1, 0.15) is 5.82 Å². The minimum atomic E-state index is -0.424. The molecule has 0 radical (unpaired) electrons. The van der Waals surface area contributed by atoms with E-state index in [2.05, 4.69) is 15.2 Å². The number of halogens is 1. The number of piperazine rings is 1. The molecule has 0 saturated carbocycles. The van der Waals surface area contributed by atoms with Gasteiger partial charge in [0.25, 0.3) is 0 Å². The number of para-hydroxylation sites is 1. The number of urea groups is 1. The molecule has 2 amide bonds. The summed E-state index contributed by atoms with van der Waals surface area (Å²) in [5.74, 6) is -0.424. The summed E-state index contributed by atoms with van der Waals surface area (Å²) in [6, 6.07) is 5.91. The second-order valence-corrected chi connectivity index (χ2v) is 5.57. The molecule has 21 heavy (non-hydrogen) atoms. The van der Waals surface area contributed by atoms with Gasteiger partial charge in [-0.05, 0) is 12.1 Å². The van der Waals surface area contributed by atoms with Crippen LogP contribution in [0.2, 0.25) is 0 Å². The van der Waals surface area contributed by atoms with Gasteiger partial charge in [-0.25, -0.2) is 14.2 Å². The van der Waals surface area contributed by atoms with Crippen LogP contribution in [0.5, 0.6) is 0 Å². The van der Waals surface area contributed by atoms with E-state index >= 15 is 0 Å². The van der Waals surface area contributed by atoms with Crippen LogP contribution in [0.3, 0.4) is 0 Å². The van der Waals surface area contributed by atoms with Crippen molar-refractivity contribution < 1.29 is 9.18 Å². The fraction of sp³-hybridized carbons (Fsp3) is 0.286. The predicted octanol–water partition coefficient (Wildman–Crippen LogP) is 2.64. The summed E-state index contributed by atoms with van der Waals surface area (Å²) in [4.78, 5) is 20.2. The molecule has 1 fully saturated rings. The third kappa shape index (κ3) is 3.13. The Labute approximate surface area is 126 Å². The molecule has 2 heterocycles. The van der Waals surface area contributed by atoms with Gasteiger partial charge in [0, 0.05) is 37.8 Å². The number of aromatic nitrogens is 1. The molecule has 0 aliphatic carbocycles. The number of rotatable bonds is 2. The minimum absolute atomic E-state index is 0.213. The zero-order chi connectivity index (χ0) is 14.7. The molecule has 7 heteroatoms. The predicted molar refractivity (Wildman–Crippen MR) is 81.3 cm³/mol. The fourth-order valence-electron chi connectivity index (χ4n) is 2.23. The van der Waals surface area contributed by atoms with E-state index in [0.29, 0.717) is 13.1 Å². The number of carbonyl (C=O) groups excluding carboxylic acids is 1. The van der Waals surface area contributed by atoms with E-state index in [1.807, 2.05) is 5.38 Å². The van der Waals surface area contributed by atoms with Gasteiger partial charge < -0.3 is 15.1 Å². The lowest BCUT2D eigenvalue weighted by Crippen LogP contribution is -2.50. The highest BCUT2D eigenvalue weighted by Crippen LogP contribution is 2.19. The normalized spacial score (nSPS) is 15.1. The summed E-state index contributed by atoms with van der Waals surface area (Å²) in [6.07, 6.45) is 1.78. The maximum Gasteiger partial charge on any atom is 0.322 e. The van der Waals surface area contributed by atoms with Crippen molar-refractivity contribution in [3.63, 3.8) is 0 Å². The van der Waals surface area contributed by atoms with Gasteiger partial charge in [-0.15, -0.1) is 11.3 Å². The summed E-state index contributed by atoms with van der Waals surface area (Å²) in [5, 5.41) is 5.52. The lowest BCUT2D eigenvalue weighted by Gasteiger charge is -2.34. The average Bonchev–Trinajstić information content (AvgIpc) is 3.04. The number of amides is 2. The smallest absolute Gasteiger partial charge is 0.322 e. The van der Waals surface area contributed by atoms with Crippen molar-refractivity contribution in [2.75, 3.05) is 36.4 Å². The van der Waals surface area contributed by atoms with Crippen molar-refractivity contribution in [1.29, 1.82) is 0 Å². The highest BCUT2D eigenvalue weighted by atomic mass is 32.1. The molecule has 0 atom stereocenters. The van der Waals surface area contributed by atoms with E-state index in [9.17, 15) is 9.18 Å². The highest BCUT2D eigenvalue weighted by Gasteiger charge is 2.22. The molecule has 1 aromatic carbocycles. The van der Waals surface area contributed by atoms with Gasteiger partial charge in [0.2, 0.25) is 0 Å². The second-order valence-electron chi connectivity index (χ2n) is 4.70. The van der Waals surface area contributed by atoms with Crippen molar-refractivity contribution in [3.05, 3.63) is 41.7 Å². The third-order valence-electron chi connectivity index (χ3n) is 3.37. The Hall–Kier alpha value is -2.15. The van der Waals surface area contributed by atoms with Gasteiger partial charge in [0.05, 0.1) is 5.69 Å². The zero-order valence-corrected chi connectivity index (χ0v) is 12.1. The molecule has 3 rings (SSSR count). The first-order valence-corrected chi connectivity index (χ1v) is 7.57. The first kappa shape index (κ1) is 13.8. The lowest BCUT2D eigenvalue weighted by molar-refractivity contribution is 0.208. The van der Waals surface area contributed by atoms with Crippen molar-refractivity contribution in [2.24, 2.45) is 0 Å². The van der Waals surface area contributed by atoms with Crippen LogP contribution >= 0.6 is 11.3 Å². The Balaban J connectivity index is 1.57. The van der Waals surface area contributed by atoms with Crippen LogP contribution in [0, 0.1) is 5.82 Å². The SMILES string of the molecule is O=C(Nc1ccccc1F)N1CCN(c2nccs2)CC1. The Bertz CT molecular complexity index is 611. The topological polar surface area (TPSA) is 48.5 Å². The second kappa shape index (κ2) is 6.09. The Morgan fingerprint density at radius 3 is 2.67 bits per heavy atom. The lowest BCUT2D eigenvalue weighted by atomic mass is 10.3. The first-order chi connectivity index (χ1) is 10.2. The van der Waals surface area contributed by atoms with Crippen molar-refractivity contribution >= 4 is 28.2 Å². The number of anilines is 2. The molecule has 1 aromatic heterocycles. The Kier molecular flexibility index (Phi) is 4.01. The Morgan fingerprint density at radius 2 is 2.00 bits per heavy atom. The summed E-state index contributed by atoms with van der Waals surface area (Å²) >= 11 is 1.59. The summed E-state index contributed by atoms with van der Waals surface area (Å²) in [5.41, 5.74) is 0.213. The van der Waals surface area contributed by atoms with Crippen LogP contribution in [0.25, 0.3) is 0 Å². The highest BCUT2D eigenvalue weighted by molar-refractivity contribution is 7.13. The van der Waals surface area contributed by atoms with Crippen LogP contribution in [0.4, 0.5) is 20.0 Å². The number of hydrogen-bond acceptors (Lipinski definition) is 4. The molecule has 0 spiro atoms. The zero-order valence-electron chi connectivity index (χ0n) is 11.3. The molecule has 1 N–H and O–H groups in total.